The quantitative estimate of drug-likeness (QED) is 0.615. The smallest absolute Gasteiger partial charge is 0.409 e. The van der Waals surface area contributed by atoms with Crippen LogP contribution >= 0.6 is 0 Å². The van der Waals surface area contributed by atoms with Crippen LogP contribution in [0, 0.1) is 6.92 Å². The van der Waals surface area contributed by atoms with Crippen molar-refractivity contribution in [3.05, 3.63) is 23.8 Å². The number of amides is 3. The Labute approximate surface area is 140 Å². The molecule has 0 saturated carbocycles. The Hall–Kier alpha value is -2.77. The van der Waals surface area contributed by atoms with Crippen molar-refractivity contribution in [3.63, 3.8) is 0 Å². The van der Waals surface area contributed by atoms with Crippen molar-refractivity contribution >= 4 is 29.3 Å². The number of carbonyl (C=O) groups excluding carboxylic acids is 3. The highest BCUT2D eigenvalue weighted by Crippen LogP contribution is 2.19. The van der Waals surface area contributed by atoms with Gasteiger partial charge in [-0.05, 0) is 31.5 Å². The lowest BCUT2D eigenvalue weighted by Crippen LogP contribution is -2.53. The fraction of sp³-hybridized carbons (Fsp3) is 0.438. The fourth-order valence-corrected chi connectivity index (χ4v) is 2.42. The number of rotatable bonds is 2. The molecule has 130 valence electrons. The van der Waals surface area contributed by atoms with Crippen LogP contribution in [0.1, 0.15) is 12.5 Å². The van der Waals surface area contributed by atoms with Crippen LogP contribution in [0.3, 0.4) is 0 Å². The highest BCUT2D eigenvalue weighted by Gasteiger charge is 2.28. The zero-order valence-corrected chi connectivity index (χ0v) is 13.9. The van der Waals surface area contributed by atoms with Crippen LogP contribution in [0.25, 0.3) is 0 Å². The maximum atomic E-state index is 12.2. The molecule has 1 heterocycles. The Bertz CT molecular complexity index is 639. The average molecular weight is 334 g/mol. The zero-order valence-electron chi connectivity index (χ0n) is 13.9. The van der Waals surface area contributed by atoms with E-state index >= 15 is 0 Å². The van der Waals surface area contributed by atoms with Crippen molar-refractivity contribution in [1.29, 1.82) is 0 Å². The summed E-state index contributed by atoms with van der Waals surface area (Å²) in [5.41, 5.74) is 7.61. The fourth-order valence-electron chi connectivity index (χ4n) is 2.42. The minimum Gasteiger partial charge on any atom is -0.450 e. The number of hydrogen-bond donors (Lipinski definition) is 2. The molecule has 0 aromatic heterocycles. The van der Waals surface area contributed by atoms with Crippen molar-refractivity contribution in [1.82, 2.24) is 9.80 Å². The van der Waals surface area contributed by atoms with Crippen molar-refractivity contribution in [2.24, 2.45) is 0 Å². The number of nitrogens with two attached hydrogens (primary N) is 1. The Morgan fingerprint density at radius 3 is 2.38 bits per heavy atom. The van der Waals surface area contributed by atoms with Gasteiger partial charge in [-0.25, -0.2) is 4.79 Å². The van der Waals surface area contributed by atoms with Crippen molar-refractivity contribution in [3.8, 4) is 0 Å². The number of piperazine rings is 1. The minimum absolute atomic E-state index is 0.286. The third kappa shape index (κ3) is 4.15. The minimum atomic E-state index is -0.741. The number of nitrogens with one attached hydrogen (secondary N) is 1. The van der Waals surface area contributed by atoms with Gasteiger partial charge in [0.25, 0.3) is 0 Å². The number of benzene rings is 1. The molecule has 0 unspecified atom stereocenters. The molecule has 8 nitrogen and oxygen atoms in total. The summed E-state index contributed by atoms with van der Waals surface area (Å²) in [5.74, 6) is -1.38. The summed E-state index contributed by atoms with van der Waals surface area (Å²) in [7, 11) is 0. The van der Waals surface area contributed by atoms with Crippen LogP contribution in [0.2, 0.25) is 0 Å². The Kier molecular flexibility index (Phi) is 5.62. The van der Waals surface area contributed by atoms with E-state index in [1.807, 2.05) is 6.92 Å². The molecule has 0 radical (unpaired) electrons. The summed E-state index contributed by atoms with van der Waals surface area (Å²) in [6.07, 6.45) is -0.401. The number of nitrogens with zero attached hydrogens (tertiary/aromatic N) is 2. The Morgan fingerprint density at radius 1 is 1.17 bits per heavy atom. The van der Waals surface area contributed by atoms with E-state index in [9.17, 15) is 14.4 Å². The van der Waals surface area contributed by atoms with Crippen LogP contribution in [-0.2, 0) is 14.3 Å². The highest BCUT2D eigenvalue weighted by atomic mass is 16.6. The summed E-state index contributed by atoms with van der Waals surface area (Å²) in [6, 6.07) is 5.18. The predicted molar refractivity (Wildman–Crippen MR) is 89.4 cm³/mol. The first-order valence-corrected chi connectivity index (χ1v) is 7.80. The predicted octanol–water partition coefficient (Wildman–Crippen LogP) is 0.816. The number of aryl methyl sites for hydroxylation is 1. The van der Waals surface area contributed by atoms with Gasteiger partial charge < -0.3 is 25.6 Å². The van der Waals surface area contributed by atoms with Crippen LogP contribution in [0.15, 0.2) is 18.2 Å². The molecule has 1 fully saturated rings. The molecule has 1 aliphatic heterocycles. The molecule has 24 heavy (non-hydrogen) atoms. The van der Waals surface area contributed by atoms with Crippen LogP contribution in [0.5, 0.6) is 0 Å². The summed E-state index contributed by atoms with van der Waals surface area (Å²) < 4.78 is 4.92. The van der Waals surface area contributed by atoms with Gasteiger partial charge in [0, 0.05) is 26.2 Å². The summed E-state index contributed by atoms with van der Waals surface area (Å²) in [4.78, 5) is 38.9. The number of ether oxygens (including phenoxy) is 1. The first kappa shape index (κ1) is 17.6. The topological polar surface area (TPSA) is 105 Å². The SMILES string of the molecule is CCOC(=O)N1CCN(C(=O)C(=O)Nc2ccc(C)cc2N)CC1. The number of nitrogen functional groups attached to an aromatic ring is 1. The van der Waals surface area contributed by atoms with Gasteiger partial charge >= 0.3 is 17.9 Å². The molecule has 0 atom stereocenters. The van der Waals surface area contributed by atoms with Gasteiger partial charge in [0.1, 0.15) is 0 Å². The largest absolute Gasteiger partial charge is 0.450 e. The van der Waals surface area contributed by atoms with E-state index in [0.29, 0.717) is 31.1 Å². The Balaban J connectivity index is 1.90. The maximum Gasteiger partial charge on any atom is 0.409 e. The van der Waals surface area contributed by atoms with Crippen molar-refractivity contribution in [2.75, 3.05) is 43.8 Å². The molecule has 1 aliphatic rings. The van der Waals surface area contributed by atoms with E-state index in [2.05, 4.69) is 5.32 Å². The van der Waals surface area contributed by atoms with Gasteiger partial charge in [0.05, 0.1) is 18.0 Å². The van der Waals surface area contributed by atoms with Crippen LogP contribution < -0.4 is 11.1 Å². The summed E-state index contributed by atoms with van der Waals surface area (Å²) in [5, 5.41) is 2.53. The highest BCUT2D eigenvalue weighted by molar-refractivity contribution is 6.39. The maximum absolute atomic E-state index is 12.2. The molecule has 1 aromatic rings. The molecular formula is C16H22N4O4. The molecule has 8 heteroatoms. The van der Waals surface area contributed by atoms with Gasteiger partial charge in [-0.3, -0.25) is 9.59 Å². The van der Waals surface area contributed by atoms with Gasteiger partial charge in [-0.15, -0.1) is 0 Å². The van der Waals surface area contributed by atoms with Gasteiger partial charge in [-0.1, -0.05) is 6.07 Å². The molecular weight excluding hydrogens is 312 g/mol. The molecule has 1 aromatic carbocycles. The van der Waals surface area contributed by atoms with Crippen molar-refractivity contribution < 1.29 is 19.1 Å². The number of hydrogen-bond acceptors (Lipinski definition) is 5. The molecule has 3 amide bonds. The van der Waals surface area contributed by atoms with Gasteiger partial charge in [-0.2, -0.15) is 0 Å². The lowest BCUT2D eigenvalue weighted by molar-refractivity contribution is -0.144. The molecule has 2 rings (SSSR count). The van der Waals surface area contributed by atoms with E-state index in [4.69, 9.17) is 10.5 Å². The second-order valence-electron chi connectivity index (χ2n) is 5.52. The summed E-state index contributed by atoms with van der Waals surface area (Å²) in [6.45, 7) is 5.17. The monoisotopic (exact) mass is 334 g/mol. The third-order valence-electron chi connectivity index (χ3n) is 3.74. The average Bonchev–Trinajstić information content (AvgIpc) is 2.57. The van der Waals surface area contributed by atoms with Crippen LogP contribution in [0.4, 0.5) is 16.2 Å². The first-order chi connectivity index (χ1) is 11.4. The van der Waals surface area contributed by atoms with E-state index in [-0.39, 0.29) is 13.1 Å². The molecule has 0 bridgehead atoms. The standard InChI is InChI=1S/C16H22N4O4/c1-3-24-16(23)20-8-6-19(7-9-20)15(22)14(21)18-13-5-4-11(2)10-12(13)17/h4-5,10H,3,6-9,17H2,1-2H3,(H,18,21). The van der Waals surface area contributed by atoms with E-state index in [1.54, 1.807) is 25.1 Å². The lowest BCUT2D eigenvalue weighted by Gasteiger charge is -2.33. The van der Waals surface area contributed by atoms with Crippen molar-refractivity contribution in [2.45, 2.75) is 13.8 Å². The second-order valence-corrected chi connectivity index (χ2v) is 5.52. The van der Waals surface area contributed by atoms with E-state index in [1.165, 1.54) is 9.80 Å². The molecule has 3 N–H and O–H groups in total. The van der Waals surface area contributed by atoms with E-state index in [0.717, 1.165) is 5.56 Å². The second kappa shape index (κ2) is 7.67. The number of anilines is 2. The van der Waals surface area contributed by atoms with Crippen LogP contribution in [-0.4, -0.2) is 60.5 Å². The first-order valence-electron chi connectivity index (χ1n) is 7.80. The normalized spacial score (nSPS) is 14.2. The molecule has 0 aliphatic carbocycles. The third-order valence-corrected chi connectivity index (χ3v) is 3.74. The van der Waals surface area contributed by atoms with Gasteiger partial charge in [0.15, 0.2) is 0 Å². The van der Waals surface area contributed by atoms with E-state index < -0.39 is 17.9 Å². The van der Waals surface area contributed by atoms with Gasteiger partial charge in [0.2, 0.25) is 0 Å². The summed E-state index contributed by atoms with van der Waals surface area (Å²) >= 11 is 0. The lowest BCUT2D eigenvalue weighted by atomic mass is 10.2. The number of carbonyl (C=O) groups is 3. The molecule has 1 saturated heterocycles. The zero-order chi connectivity index (χ0) is 17.7. The molecule has 0 spiro atoms. The Morgan fingerprint density at radius 2 is 1.79 bits per heavy atom.